The average molecular weight is 223 g/mol. The predicted molar refractivity (Wildman–Crippen MR) is 68.5 cm³/mol. The van der Waals surface area contributed by atoms with Gasteiger partial charge in [0, 0.05) is 18.8 Å². The van der Waals surface area contributed by atoms with Crippen LogP contribution in [0.2, 0.25) is 0 Å². The maximum absolute atomic E-state index is 4.27. The number of nitrogens with one attached hydrogen (secondary N) is 1. The van der Waals surface area contributed by atoms with Gasteiger partial charge in [0.05, 0.1) is 12.0 Å². The molecular weight excluding hydrogens is 198 g/mol. The first-order valence-corrected chi connectivity index (χ1v) is 6.54. The molecule has 0 spiro atoms. The van der Waals surface area contributed by atoms with Crippen molar-refractivity contribution >= 4 is 0 Å². The fraction of sp³-hybridized carbons (Fsp3) is 0.769. The molecule has 0 amide bonds. The summed E-state index contributed by atoms with van der Waals surface area (Å²) < 4.78 is 2.34. The summed E-state index contributed by atoms with van der Waals surface area (Å²) in [5.74, 6) is 0. The van der Waals surface area contributed by atoms with E-state index in [1.165, 1.54) is 31.4 Å². The lowest BCUT2D eigenvalue weighted by Gasteiger charge is -2.19. The molecule has 1 aromatic rings. The van der Waals surface area contributed by atoms with E-state index in [0.717, 1.165) is 13.1 Å². The smallest absolute Gasteiger partial charge is 0.0951 e. The van der Waals surface area contributed by atoms with E-state index < -0.39 is 0 Å². The van der Waals surface area contributed by atoms with Gasteiger partial charge in [0.1, 0.15) is 0 Å². The fourth-order valence-corrected chi connectivity index (χ4v) is 2.06. The lowest BCUT2D eigenvalue weighted by molar-refractivity contribution is 0.430. The molecule has 0 radical (unpaired) electrons. The summed E-state index contributed by atoms with van der Waals surface area (Å²) in [6, 6.07) is 0.617. The van der Waals surface area contributed by atoms with Gasteiger partial charge in [-0.3, -0.25) is 0 Å². The van der Waals surface area contributed by atoms with Gasteiger partial charge >= 0.3 is 0 Å². The third-order valence-corrected chi connectivity index (χ3v) is 2.97. The van der Waals surface area contributed by atoms with Crippen molar-refractivity contribution in [3.63, 3.8) is 0 Å². The quantitative estimate of drug-likeness (QED) is 0.686. The number of hydrogen-bond donors (Lipinski definition) is 1. The number of imidazole rings is 1. The molecule has 3 heteroatoms. The summed E-state index contributed by atoms with van der Waals surface area (Å²) in [4.78, 5) is 4.27. The molecule has 92 valence electrons. The third kappa shape index (κ3) is 3.63. The Balaban J connectivity index is 2.60. The Bertz CT molecular complexity index is 280. The lowest BCUT2D eigenvalue weighted by atomic mass is 10.1. The SMILES string of the molecule is CCCNCc1cncn1C(CC)CCC. The van der Waals surface area contributed by atoms with Crippen molar-refractivity contribution in [1.82, 2.24) is 14.9 Å². The van der Waals surface area contributed by atoms with Crippen molar-refractivity contribution in [2.45, 2.75) is 59.0 Å². The Hall–Kier alpha value is -0.830. The van der Waals surface area contributed by atoms with Crippen LogP contribution in [0.3, 0.4) is 0 Å². The molecule has 1 atom stereocenters. The monoisotopic (exact) mass is 223 g/mol. The Morgan fingerprint density at radius 1 is 1.31 bits per heavy atom. The zero-order chi connectivity index (χ0) is 11.8. The van der Waals surface area contributed by atoms with Crippen LogP contribution in [0.15, 0.2) is 12.5 Å². The summed E-state index contributed by atoms with van der Waals surface area (Å²) >= 11 is 0. The molecule has 0 saturated heterocycles. The Morgan fingerprint density at radius 3 is 2.75 bits per heavy atom. The predicted octanol–water partition coefficient (Wildman–Crippen LogP) is 3.13. The third-order valence-electron chi connectivity index (χ3n) is 2.97. The Labute approximate surface area is 99.3 Å². The van der Waals surface area contributed by atoms with Gasteiger partial charge < -0.3 is 9.88 Å². The fourth-order valence-electron chi connectivity index (χ4n) is 2.06. The minimum atomic E-state index is 0.617. The summed E-state index contributed by atoms with van der Waals surface area (Å²) in [7, 11) is 0. The van der Waals surface area contributed by atoms with E-state index >= 15 is 0 Å². The van der Waals surface area contributed by atoms with Crippen LogP contribution in [0.5, 0.6) is 0 Å². The maximum Gasteiger partial charge on any atom is 0.0951 e. The highest BCUT2D eigenvalue weighted by atomic mass is 15.1. The Morgan fingerprint density at radius 2 is 2.12 bits per heavy atom. The minimum Gasteiger partial charge on any atom is -0.330 e. The standard InChI is InChI=1S/C13H25N3/c1-4-7-12(6-3)16-11-15-10-13(16)9-14-8-5-2/h10-12,14H,4-9H2,1-3H3. The van der Waals surface area contributed by atoms with Gasteiger partial charge in [-0.15, -0.1) is 0 Å². The number of rotatable bonds is 8. The van der Waals surface area contributed by atoms with Gasteiger partial charge in [0.15, 0.2) is 0 Å². The lowest BCUT2D eigenvalue weighted by Crippen LogP contribution is -2.18. The zero-order valence-corrected chi connectivity index (χ0v) is 10.9. The second kappa shape index (κ2) is 7.44. The molecule has 0 aliphatic carbocycles. The summed E-state index contributed by atoms with van der Waals surface area (Å²) in [6.07, 6.45) is 8.81. The van der Waals surface area contributed by atoms with Gasteiger partial charge in [0.2, 0.25) is 0 Å². The molecule has 0 aliphatic rings. The molecule has 1 unspecified atom stereocenters. The van der Waals surface area contributed by atoms with Crippen LogP contribution in [0, 0.1) is 0 Å². The van der Waals surface area contributed by atoms with Crippen molar-refractivity contribution < 1.29 is 0 Å². The maximum atomic E-state index is 4.27. The summed E-state index contributed by atoms with van der Waals surface area (Å²) in [5, 5.41) is 3.44. The van der Waals surface area contributed by atoms with Crippen molar-refractivity contribution in [1.29, 1.82) is 0 Å². The Kier molecular flexibility index (Phi) is 6.16. The zero-order valence-electron chi connectivity index (χ0n) is 10.9. The van der Waals surface area contributed by atoms with E-state index in [0.29, 0.717) is 6.04 Å². The number of hydrogen-bond acceptors (Lipinski definition) is 2. The van der Waals surface area contributed by atoms with E-state index in [1.807, 2.05) is 12.5 Å². The van der Waals surface area contributed by atoms with Gasteiger partial charge in [-0.05, 0) is 25.8 Å². The van der Waals surface area contributed by atoms with Gasteiger partial charge in [-0.2, -0.15) is 0 Å². The van der Waals surface area contributed by atoms with E-state index in [2.05, 4.69) is 35.6 Å². The van der Waals surface area contributed by atoms with Crippen LogP contribution in [-0.4, -0.2) is 16.1 Å². The van der Waals surface area contributed by atoms with E-state index in [1.54, 1.807) is 0 Å². The molecule has 1 aromatic heterocycles. The molecule has 3 nitrogen and oxygen atoms in total. The van der Waals surface area contributed by atoms with Crippen LogP contribution in [0.1, 0.15) is 58.2 Å². The highest BCUT2D eigenvalue weighted by molar-refractivity contribution is 5.00. The van der Waals surface area contributed by atoms with Crippen molar-refractivity contribution in [3.05, 3.63) is 18.2 Å². The molecule has 0 saturated carbocycles. The highest BCUT2D eigenvalue weighted by Crippen LogP contribution is 2.19. The van der Waals surface area contributed by atoms with Crippen molar-refractivity contribution in [2.24, 2.45) is 0 Å². The first kappa shape index (κ1) is 13.2. The van der Waals surface area contributed by atoms with Crippen LogP contribution < -0.4 is 5.32 Å². The molecule has 0 aromatic carbocycles. The van der Waals surface area contributed by atoms with Crippen LogP contribution in [-0.2, 0) is 6.54 Å². The van der Waals surface area contributed by atoms with Crippen LogP contribution in [0.4, 0.5) is 0 Å². The van der Waals surface area contributed by atoms with E-state index in [-0.39, 0.29) is 0 Å². The molecule has 1 heterocycles. The molecule has 16 heavy (non-hydrogen) atoms. The molecule has 1 N–H and O–H groups in total. The topological polar surface area (TPSA) is 29.9 Å². The second-order valence-corrected chi connectivity index (χ2v) is 4.32. The average Bonchev–Trinajstić information content (AvgIpc) is 2.74. The normalized spacial score (nSPS) is 12.9. The molecule has 1 rings (SSSR count). The molecule has 0 aliphatic heterocycles. The summed E-state index contributed by atoms with van der Waals surface area (Å²) in [6.45, 7) is 8.71. The molecule has 0 bridgehead atoms. The van der Waals surface area contributed by atoms with Gasteiger partial charge in [-0.25, -0.2) is 4.98 Å². The van der Waals surface area contributed by atoms with Crippen LogP contribution >= 0.6 is 0 Å². The van der Waals surface area contributed by atoms with Gasteiger partial charge in [-0.1, -0.05) is 27.2 Å². The second-order valence-electron chi connectivity index (χ2n) is 4.32. The van der Waals surface area contributed by atoms with E-state index in [4.69, 9.17) is 0 Å². The largest absolute Gasteiger partial charge is 0.330 e. The molecular formula is C13H25N3. The van der Waals surface area contributed by atoms with Gasteiger partial charge in [0.25, 0.3) is 0 Å². The molecule has 0 fully saturated rings. The van der Waals surface area contributed by atoms with Crippen LogP contribution in [0.25, 0.3) is 0 Å². The highest BCUT2D eigenvalue weighted by Gasteiger charge is 2.10. The van der Waals surface area contributed by atoms with Crippen molar-refractivity contribution in [2.75, 3.05) is 6.54 Å². The van der Waals surface area contributed by atoms with Crippen molar-refractivity contribution in [3.8, 4) is 0 Å². The number of aromatic nitrogens is 2. The minimum absolute atomic E-state index is 0.617. The summed E-state index contributed by atoms with van der Waals surface area (Å²) in [5.41, 5.74) is 1.31. The first-order chi connectivity index (χ1) is 7.83. The van der Waals surface area contributed by atoms with E-state index in [9.17, 15) is 0 Å². The number of nitrogens with zero attached hydrogens (tertiary/aromatic N) is 2. The first-order valence-electron chi connectivity index (χ1n) is 6.54.